The lowest BCUT2D eigenvalue weighted by Gasteiger charge is -2.30. The van der Waals surface area contributed by atoms with Crippen LogP contribution in [-0.2, 0) is 20.7 Å². The second kappa shape index (κ2) is 7.02. The zero-order valence-electron chi connectivity index (χ0n) is 12.6. The number of hydrogen-bond donors (Lipinski definition) is 1. The molecule has 1 atom stereocenters. The molecule has 2 aromatic rings. The van der Waals surface area contributed by atoms with E-state index in [1.54, 1.807) is 24.3 Å². The van der Waals surface area contributed by atoms with E-state index < -0.39 is 12.1 Å². The Morgan fingerprint density at radius 3 is 2.79 bits per heavy atom. The van der Waals surface area contributed by atoms with E-state index in [1.807, 2.05) is 0 Å². The molecule has 1 aromatic heterocycles. The fourth-order valence-corrected chi connectivity index (χ4v) is 2.53. The number of carboxylic acid groups (broad SMARTS) is 1. The number of carboxylic acids is 1. The number of ether oxygens (including phenoxy) is 1. The third-order valence-electron chi connectivity index (χ3n) is 3.67. The Labute approximate surface area is 142 Å². The maximum atomic E-state index is 12.3. The number of hydrogen-bond acceptors (Lipinski definition) is 5. The standard InChI is InChI=1S/C16H15ClN2O5/c17-11-3-1-10(2-4-11)15-18-12(9-24-15)7-14(20)19-5-6-23-13(8-19)16(21)22/h1-4,9,13H,5-8H2,(H,21,22). The number of nitrogens with zero attached hydrogens (tertiary/aromatic N) is 2. The lowest BCUT2D eigenvalue weighted by Crippen LogP contribution is -2.49. The maximum Gasteiger partial charge on any atom is 0.334 e. The lowest BCUT2D eigenvalue weighted by atomic mass is 10.2. The Hall–Kier alpha value is -2.38. The monoisotopic (exact) mass is 350 g/mol. The summed E-state index contributed by atoms with van der Waals surface area (Å²) in [6.45, 7) is 0.609. The molecule has 24 heavy (non-hydrogen) atoms. The molecule has 1 fully saturated rings. The van der Waals surface area contributed by atoms with Gasteiger partial charge in [0.1, 0.15) is 6.26 Å². The van der Waals surface area contributed by atoms with Crippen molar-refractivity contribution in [3.05, 3.63) is 41.2 Å². The van der Waals surface area contributed by atoms with Crippen LogP contribution in [0.5, 0.6) is 0 Å². The van der Waals surface area contributed by atoms with Crippen LogP contribution in [0.15, 0.2) is 34.9 Å². The zero-order valence-corrected chi connectivity index (χ0v) is 13.4. The summed E-state index contributed by atoms with van der Waals surface area (Å²) < 4.78 is 10.5. The third-order valence-corrected chi connectivity index (χ3v) is 3.92. The van der Waals surface area contributed by atoms with E-state index in [0.29, 0.717) is 23.2 Å². The van der Waals surface area contributed by atoms with Gasteiger partial charge in [0.25, 0.3) is 0 Å². The summed E-state index contributed by atoms with van der Waals surface area (Å²) in [6.07, 6.45) is 0.491. The molecule has 1 N–H and O–H groups in total. The molecular formula is C16H15ClN2O5. The third kappa shape index (κ3) is 3.74. The van der Waals surface area contributed by atoms with Gasteiger partial charge in [-0.2, -0.15) is 0 Å². The molecule has 7 nitrogen and oxygen atoms in total. The molecule has 1 aromatic carbocycles. The van der Waals surface area contributed by atoms with Crippen LogP contribution in [0.2, 0.25) is 5.02 Å². The van der Waals surface area contributed by atoms with Crippen molar-refractivity contribution in [1.29, 1.82) is 0 Å². The summed E-state index contributed by atoms with van der Waals surface area (Å²) in [7, 11) is 0. The quantitative estimate of drug-likeness (QED) is 0.904. The number of aromatic nitrogens is 1. The van der Waals surface area contributed by atoms with Crippen molar-refractivity contribution in [3.8, 4) is 11.5 Å². The summed E-state index contributed by atoms with van der Waals surface area (Å²) in [5, 5.41) is 9.59. The highest BCUT2D eigenvalue weighted by atomic mass is 35.5. The van der Waals surface area contributed by atoms with Crippen LogP contribution in [0.4, 0.5) is 0 Å². The summed E-state index contributed by atoms with van der Waals surface area (Å²) in [5.41, 5.74) is 1.25. The molecule has 0 saturated carbocycles. The van der Waals surface area contributed by atoms with Gasteiger partial charge in [-0.3, -0.25) is 4.79 Å². The van der Waals surface area contributed by atoms with Crippen molar-refractivity contribution >= 4 is 23.5 Å². The van der Waals surface area contributed by atoms with Gasteiger partial charge in [0, 0.05) is 17.1 Å². The first kappa shape index (κ1) is 16.5. The molecule has 0 spiro atoms. The van der Waals surface area contributed by atoms with Crippen LogP contribution < -0.4 is 0 Å². The van der Waals surface area contributed by atoms with Crippen molar-refractivity contribution in [3.63, 3.8) is 0 Å². The molecule has 0 radical (unpaired) electrons. The predicted molar refractivity (Wildman–Crippen MR) is 84.6 cm³/mol. The van der Waals surface area contributed by atoms with Gasteiger partial charge < -0.3 is 19.2 Å². The zero-order chi connectivity index (χ0) is 17.1. The topological polar surface area (TPSA) is 92.9 Å². The molecule has 2 heterocycles. The average Bonchev–Trinajstić information content (AvgIpc) is 3.04. The van der Waals surface area contributed by atoms with Gasteiger partial charge in [0.2, 0.25) is 11.8 Å². The smallest absolute Gasteiger partial charge is 0.334 e. The van der Waals surface area contributed by atoms with Gasteiger partial charge in [-0.15, -0.1) is 0 Å². The molecular weight excluding hydrogens is 336 g/mol. The highest BCUT2D eigenvalue weighted by molar-refractivity contribution is 6.30. The first-order chi connectivity index (χ1) is 11.5. The number of benzene rings is 1. The van der Waals surface area contributed by atoms with Gasteiger partial charge in [-0.1, -0.05) is 11.6 Å². The molecule has 1 aliphatic rings. The van der Waals surface area contributed by atoms with E-state index in [9.17, 15) is 9.59 Å². The number of carbonyl (C=O) groups excluding carboxylic acids is 1. The minimum atomic E-state index is -1.07. The predicted octanol–water partition coefficient (Wildman–Crippen LogP) is 1.85. The number of amides is 1. The highest BCUT2D eigenvalue weighted by Gasteiger charge is 2.29. The maximum absolute atomic E-state index is 12.3. The van der Waals surface area contributed by atoms with E-state index in [4.69, 9.17) is 25.9 Å². The van der Waals surface area contributed by atoms with Crippen molar-refractivity contribution in [2.24, 2.45) is 0 Å². The first-order valence-electron chi connectivity index (χ1n) is 7.35. The minimum Gasteiger partial charge on any atom is -0.479 e. The van der Waals surface area contributed by atoms with E-state index in [2.05, 4.69) is 4.98 Å². The minimum absolute atomic E-state index is 0.0378. The summed E-state index contributed by atoms with van der Waals surface area (Å²) in [5.74, 6) is -0.876. The van der Waals surface area contributed by atoms with Crippen LogP contribution >= 0.6 is 11.6 Å². The Morgan fingerprint density at radius 1 is 1.33 bits per heavy atom. The van der Waals surface area contributed by atoms with E-state index in [0.717, 1.165) is 5.56 Å². The van der Waals surface area contributed by atoms with Gasteiger partial charge in [0.15, 0.2) is 6.10 Å². The largest absolute Gasteiger partial charge is 0.479 e. The molecule has 126 valence electrons. The van der Waals surface area contributed by atoms with Gasteiger partial charge in [-0.25, -0.2) is 9.78 Å². The summed E-state index contributed by atoms with van der Waals surface area (Å²) in [4.78, 5) is 29.0. The number of rotatable bonds is 4. The Balaban J connectivity index is 1.65. The SMILES string of the molecule is O=C(O)C1CN(C(=O)Cc2coc(-c3ccc(Cl)cc3)n2)CCO1. The second-order valence-corrected chi connectivity index (χ2v) is 5.80. The Morgan fingerprint density at radius 2 is 2.08 bits per heavy atom. The number of oxazole rings is 1. The lowest BCUT2D eigenvalue weighted by molar-refractivity contribution is -0.159. The number of aliphatic carboxylic acids is 1. The normalized spacial score (nSPS) is 17.7. The summed E-state index contributed by atoms with van der Waals surface area (Å²) >= 11 is 5.84. The Bertz CT molecular complexity index is 743. The molecule has 1 aliphatic heterocycles. The van der Waals surface area contributed by atoms with Crippen molar-refractivity contribution < 1.29 is 23.8 Å². The number of morpholine rings is 1. The van der Waals surface area contributed by atoms with Crippen molar-refractivity contribution in [1.82, 2.24) is 9.88 Å². The first-order valence-corrected chi connectivity index (χ1v) is 7.73. The molecule has 0 aliphatic carbocycles. The highest BCUT2D eigenvalue weighted by Crippen LogP contribution is 2.21. The summed E-state index contributed by atoms with van der Waals surface area (Å²) in [6, 6.07) is 7.01. The molecule has 1 unspecified atom stereocenters. The van der Waals surface area contributed by atoms with E-state index in [-0.39, 0.29) is 25.5 Å². The average molecular weight is 351 g/mol. The van der Waals surface area contributed by atoms with Crippen molar-refractivity contribution in [2.75, 3.05) is 19.7 Å². The van der Waals surface area contributed by atoms with Crippen LogP contribution in [0, 0.1) is 0 Å². The van der Waals surface area contributed by atoms with Crippen LogP contribution in [0.3, 0.4) is 0 Å². The fraction of sp³-hybridized carbons (Fsp3) is 0.312. The van der Waals surface area contributed by atoms with Crippen molar-refractivity contribution in [2.45, 2.75) is 12.5 Å². The van der Waals surface area contributed by atoms with Crippen LogP contribution in [0.25, 0.3) is 11.5 Å². The molecule has 3 rings (SSSR count). The number of halogens is 1. The van der Waals surface area contributed by atoms with Gasteiger partial charge in [-0.05, 0) is 24.3 Å². The van der Waals surface area contributed by atoms with E-state index >= 15 is 0 Å². The molecule has 1 saturated heterocycles. The second-order valence-electron chi connectivity index (χ2n) is 5.37. The van der Waals surface area contributed by atoms with Gasteiger partial charge >= 0.3 is 5.97 Å². The molecule has 1 amide bonds. The van der Waals surface area contributed by atoms with Gasteiger partial charge in [0.05, 0.1) is 25.3 Å². The molecule has 8 heteroatoms. The number of carbonyl (C=O) groups is 2. The Kier molecular flexibility index (Phi) is 4.82. The van der Waals surface area contributed by atoms with Crippen LogP contribution in [-0.4, -0.2) is 52.7 Å². The fourth-order valence-electron chi connectivity index (χ4n) is 2.41. The van der Waals surface area contributed by atoms with Crippen LogP contribution in [0.1, 0.15) is 5.69 Å². The molecule has 0 bridgehead atoms. The van der Waals surface area contributed by atoms with E-state index in [1.165, 1.54) is 11.2 Å².